The summed E-state index contributed by atoms with van der Waals surface area (Å²) in [6.45, 7) is 4.22. The van der Waals surface area contributed by atoms with Crippen LogP contribution in [0.2, 0.25) is 10.0 Å². The second-order valence-corrected chi connectivity index (χ2v) is 6.14. The Morgan fingerprint density at radius 2 is 1.89 bits per heavy atom. The molecule has 1 fully saturated rings. The van der Waals surface area contributed by atoms with E-state index in [1.807, 2.05) is 6.07 Å². The predicted molar refractivity (Wildman–Crippen MR) is 76.2 cm³/mol. The molecule has 4 heteroatoms. The fourth-order valence-corrected chi connectivity index (χ4v) is 2.38. The fraction of sp³-hybridized carbons (Fsp3) is 0.571. The number of hydrogen-bond acceptors (Lipinski definition) is 2. The minimum atomic E-state index is -0.555. The van der Waals surface area contributed by atoms with Crippen molar-refractivity contribution in [1.29, 1.82) is 0 Å². The number of benzene rings is 1. The number of hydrogen-bond donors (Lipinski definition) is 2. The second kappa shape index (κ2) is 5.79. The predicted octanol–water partition coefficient (Wildman–Crippen LogP) is 3.80. The summed E-state index contributed by atoms with van der Waals surface area (Å²) < 4.78 is 0. The van der Waals surface area contributed by atoms with Gasteiger partial charge >= 0.3 is 0 Å². The van der Waals surface area contributed by atoms with E-state index in [0.29, 0.717) is 22.0 Å². The summed E-state index contributed by atoms with van der Waals surface area (Å²) in [5, 5.41) is 15.0. The van der Waals surface area contributed by atoms with E-state index >= 15 is 0 Å². The van der Waals surface area contributed by atoms with Gasteiger partial charge in [-0.1, -0.05) is 43.1 Å². The van der Waals surface area contributed by atoms with E-state index in [0.717, 1.165) is 5.56 Å². The van der Waals surface area contributed by atoms with Crippen LogP contribution in [0.15, 0.2) is 18.2 Å². The summed E-state index contributed by atoms with van der Waals surface area (Å²) in [5.74, 6) is 0.357. The Labute approximate surface area is 118 Å². The van der Waals surface area contributed by atoms with Gasteiger partial charge in [0.15, 0.2) is 0 Å². The minimum Gasteiger partial charge on any atom is -0.387 e. The zero-order valence-electron chi connectivity index (χ0n) is 10.7. The summed E-state index contributed by atoms with van der Waals surface area (Å²) in [4.78, 5) is 0. The molecule has 2 rings (SSSR count). The lowest BCUT2D eigenvalue weighted by molar-refractivity contribution is 0.104. The van der Waals surface area contributed by atoms with Gasteiger partial charge in [0.25, 0.3) is 0 Å². The average Bonchev–Trinajstić information content (AvgIpc) is 3.12. The SMILES string of the molecule is CC(C)C(NC1CC1)C(O)c1ccc(Cl)c(Cl)c1. The molecular formula is C14H19Cl2NO. The summed E-state index contributed by atoms with van der Waals surface area (Å²) >= 11 is 11.9. The lowest BCUT2D eigenvalue weighted by Crippen LogP contribution is -2.40. The fourth-order valence-electron chi connectivity index (χ4n) is 2.07. The first-order valence-electron chi connectivity index (χ1n) is 6.38. The molecule has 0 bridgehead atoms. The quantitative estimate of drug-likeness (QED) is 0.863. The third kappa shape index (κ3) is 3.39. The van der Waals surface area contributed by atoms with Gasteiger partial charge in [-0.25, -0.2) is 0 Å². The summed E-state index contributed by atoms with van der Waals surface area (Å²) in [6.07, 6.45) is 1.86. The lowest BCUT2D eigenvalue weighted by atomic mass is 9.93. The minimum absolute atomic E-state index is 0.0507. The summed E-state index contributed by atoms with van der Waals surface area (Å²) in [7, 11) is 0. The zero-order chi connectivity index (χ0) is 13.3. The van der Waals surface area contributed by atoms with Crippen LogP contribution in [0.5, 0.6) is 0 Å². The van der Waals surface area contributed by atoms with Crippen LogP contribution in [0.1, 0.15) is 38.4 Å². The van der Waals surface area contributed by atoms with Crippen molar-refractivity contribution in [2.75, 3.05) is 0 Å². The zero-order valence-corrected chi connectivity index (χ0v) is 12.2. The van der Waals surface area contributed by atoms with Gasteiger partial charge in [-0.15, -0.1) is 0 Å². The van der Waals surface area contributed by atoms with E-state index < -0.39 is 6.10 Å². The molecule has 1 aliphatic rings. The Morgan fingerprint density at radius 1 is 1.22 bits per heavy atom. The standard InChI is InChI=1S/C14H19Cl2NO/c1-8(2)13(17-10-4-5-10)14(18)9-3-6-11(15)12(16)7-9/h3,6-8,10,13-14,17-18H,4-5H2,1-2H3. The molecule has 1 aliphatic carbocycles. The number of halogens is 2. The van der Waals surface area contributed by atoms with Crippen molar-refractivity contribution in [1.82, 2.24) is 5.32 Å². The first-order chi connectivity index (χ1) is 8.49. The van der Waals surface area contributed by atoms with Crippen molar-refractivity contribution >= 4 is 23.2 Å². The summed E-state index contributed by atoms with van der Waals surface area (Å²) in [6, 6.07) is 5.93. The van der Waals surface area contributed by atoms with Crippen molar-refractivity contribution in [3.63, 3.8) is 0 Å². The Bertz CT molecular complexity index is 418. The number of nitrogens with one attached hydrogen (secondary N) is 1. The molecule has 0 aromatic heterocycles. The van der Waals surface area contributed by atoms with Crippen LogP contribution in [0, 0.1) is 5.92 Å². The van der Waals surface area contributed by atoms with E-state index in [-0.39, 0.29) is 6.04 Å². The van der Waals surface area contributed by atoms with E-state index in [1.54, 1.807) is 12.1 Å². The highest BCUT2D eigenvalue weighted by Gasteiger charge is 2.31. The van der Waals surface area contributed by atoms with E-state index in [1.165, 1.54) is 12.8 Å². The molecule has 2 atom stereocenters. The van der Waals surface area contributed by atoms with E-state index in [2.05, 4.69) is 19.2 Å². The smallest absolute Gasteiger partial charge is 0.0946 e. The molecule has 0 radical (unpaired) electrons. The van der Waals surface area contributed by atoms with Gasteiger partial charge in [-0.3, -0.25) is 0 Å². The van der Waals surface area contributed by atoms with Gasteiger partial charge < -0.3 is 10.4 Å². The van der Waals surface area contributed by atoms with Gasteiger partial charge in [0.2, 0.25) is 0 Å². The van der Waals surface area contributed by atoms with Crippen LogP contribution in [-0.2, 0) is 0 Å². The van der Waals surface area contributed by atoms with E-state index in [4.69, 9.17) is 23.2 Å². The maximum absolute atomic E-state index is 10.5. The average molecular weight is 288 g/mol. The highest BCUT2D eigenvalue weighted by molar-refractivity contribution is 6.42. The molecule has 18 heavy (non-hydrogen) atoms. The first-order valence-corrected chi connectivity index (χ1v) is 7.13. The van der Waals surface area contributed by atoms with Crippen LogP contribution in [0.4, 0.5) is 0 Å². The van der Waals surface area contributed by atoms with Crippen molar-refractivity contribution in [2.45, 2.75) is 44.9 Å². The van der Waals surface area contributed by atoms with Gasteiger partial charge in [0, 0.05) is 12.1 Å². The number of aliphatic hydroxyl groups excluding tert-OH is 1. The Kier molecular flexibility index (Phi) is 4.54. The molecule has 0 spiro atoms. The second-order valence-electron chi connectivity index (χ2n) is 5.33. The Hall–Kier alpha value is -0.280. The lowest BCUT2D eigenvalue weighted by Gasteiger charge is -2.28. The van der Waals surface area contributed by atoms with Crippen LogP contribution in [0.25, 0.3) is 0 Å². The Morgan fingerprint density at radius 3 is 2.39 bits per heavy atom. The van der Waals surface area contributed by atoms with Crippen molar-refractivity contribution in [3.8, 4) is 0 Å². The third-order valence-corrected chi connectivity index (χ3v) is 4.09. The third-order valence-electron chi connectivity index (χ3n) is 3.35. The molecule has 0 saturated heterocycles. The molecular weight excluding hydrogens is 269 g/mol. The van der Waals surface area contributed by atoms with Crippen LogP contribution < -0.4 is 5.32 Å². The maximum Gasteiger partial charge on any atom is 0.0946 e. The Balaban J connectivity index is 2.15. The van der Waals surface area contributed by atoms with Crippen LogP contribution in [-0.4, -0.2) is 17.2 Å². The number of aliphatic hydroxyl groups is 1. The highest BCUT2D eigenvalue weighted by Crippen LogP contribution is 2.30. The normalized spacial score (nSPS) is 19.0. The summed E-state index contributed by atoms with van der Waals surface area (Å²) in [5.41, 5.74) is 0.816. The monoisotopic (exact) mass is 287 g/mol. The molecule has 2 nitrogen and oxygen atoms in total. The molecule has 1 aromatic carbocycles. The largest absolute Gasteiger partial charge is 0.387 e. The topological polar surface area (TPSA) is 32.3 Å². The van der Waals surface area contributed by atoms with Gasteiger partial charge in [0.1, 0.15) is 0 Å². The molecule has 2 N–H and O–H groups in total. The first kappa shape index (κ1) is 14.1. The molecule has 1 aromatic rings. The van der Waals surface area contributed by atoms with Gasteiger partial charge in [-0.05, 0) is 36.5 Å². The molecule has 1 saturated carbocycles. The molecule has 0 aliphatic heterocycles. The molecule has 2 unspecified atom stereocenters. The van der Waals surface area contributed by atoms with Crippen LogP contribution >= 0.6 is 23.2 Å². The number of rotatable bonds is 5. The molecule has 0 amide bonds. The van der Waals surface area contributed by atoms with Gasteiger partial charge in [-0.2, -0.15) is 0 Å². The van der Waals surface area contributed by atoms with Crippen molar-refractivity contribution in [3.05, 3.63) is 33.8 Å². The van der Waals surface area contributed by atoms with Crippen molar-refractivity contribution in [2.24, 2.45) is 5.92 Å². The molecule has 0 heterocycles. The van der Waals surface area contributed by atoms with Gasteiger partial charge in [0.05, 0.1) is 16.1 Å². The van der Waals surface area contributed by atoms with Crippen LogP contribution in [0.3, 0.4) is 0 Å². The maximum atomic E-state index is 10.5. The van der Waals surface area contributed by atoms with E-state index in [9.17, 15) is 5.11 Å². The van der Waals surface area contributed by atoms with Crippen molar-refractivity contribution < 1.29 is 5.11 Å². The highest BCUT2D eigenvalue weighted by atomic mass is 35.5. The molecule has 100 valence electrons.